The molecule has 29 heavy (non-hydrogen) atoms. The molecule has 2 aromatic carbocycles. The van der Waals surface area contributed by atoms with E-state index >= 15 is 0 Å². The number of hydrogen-bond acceptors (Lipinski definition) is 4. The number of aliphatic hydroxyl groups excluding tert-OH is 1. The van der Waals surface area contributed by atoms with Crippen LogP contribution in [-0.2, 0) is 13.2 Å². The van der Waals surface area contributed by atoms with Crippen LogP contribution in [0, 0.1) is 12.7 Å². The average Bonchev–Trinajstić information content (AvgIpc) is 2.74. The van der Waals surface area contributed by atoms with Crippen molar-refractivity contribution >= 4 is 11.6 Å². The van der Waals surface area contributed by atoms with Gasteiger partial charge >= 0.3 is 0 Å². The van der Waals surface area contributed by atoms with E-state index < -0.39 is 0 Å². The van der Waals surface area contributed by atoms with Gasteiger partial charge < -0.3 is 15.7 Å². The summed E-state index contributed by atoms with van der Waals surface area (Å²) < 4.78 is 13.8. The van der Waals surface area contributed by atoms with Crippen LogP contribution in [-0.4, -0.2) is 22.5 Å². The number of aryl methyl sites for hydroxylation is 1. The van der Waals surface area contributed by atoms with Crippen LogP contribution in [0.4, 0.5) is 10.1 Å². The van der Waals surface area contributed by atoms with Crippen LogP contribution < -0.4 is 10.6 Å². The van der Waals surface area contributed by atoms with Crippen molar-refractivity contribution in [1.82, 2.24) is 10.3 Å². The number of carbonyl (C=O) groups excluding carboxylic acids is 1. The number of pyridine rings is 1. The summed E-state index contributed by atoms with van der Waals surface area (Å²) >= 11 is 0. The van der Waals surface area contributed by atoms with Crippen molar-refractivity contribution in [3.8, 4) is 11.1 Å². The number of nitrogens with zero attached hydrogens (tertiary/aromatic N) is 1. The van der Waals surface area contributed by atoms with Crippen molar-refractivity contribution in [3.63, 3.8) is 0 Å². The van der Waals surface area contributed by atoms with Gasteiger partial charge in [-0.2, -0.15) is 0 Å². The molecule has 150 valence electrons. The first-order chi connectivity index (χ1) is 14.0. The Hall–Kier alpha value is -3.25. The van der Waals surface area contributed by atoms with E-state index in [-0.39, 0.29) is 24.9 Å². The largest absolute Gasteiger partial charge is 0.392 e. The summed E-state index contributed by atoms with van der Waals surface area (Å²) in [7, 11) is 0. The maximum atomic E-state index is 13.8. The van der Waals surface area contributed by atoms with Gasteiger partial charge in [0.2, 0.25) is 0 Å². The van der Waals surface area contributed by atoms with Gasteiger partial charge in [0.1, 0.15) is 5.82 Å². The molecule has 3 N–H and O–H groups in total. The number of benzene rings is 2. The van der Waals surface area contributed by atoms with Crippen molar-refractivity contribution in [2.45, 2.75) is 27.0 Å². The summed E-state index contributed by atoms with van der Waals surface area (Å²) in [6.45, 7) is 4.42. The van der Waals surface area contributed by atoms with Gasteiger partial charge in [-0.05, 0) is 60.4 Å². The van der Waals surface area contributed by atoms with Gasteiger partial charge in [-0.3, -0.25) is 9.78 Å². The molecule has 1 heterocycles. The molecule has 0 fully saturated rings. The van der Waals surface area contributed by atoms with Crippen molar-refractivity contribution < 1.29 is 14.3 Å². The van der Waals surface area contributed by atoms with Crippen LogP contribution in [0.25, 0.3) is 11.1 Å². The summed E-state index contributed by atoms with van der Waals surface area (Å²) in [5, 5.41) is 15.6. The zero-order valence-electron chi connectivity index (χ0n) is 16.5. The predicted octanol–water partition coefficient (Wildman–Crippen LogP) is 4.05. The van der Waals surface area contributed by atoms with Crippen LogP contribution in [0.15, 0.2) is 54.9 Å². The highest BCUT2D eigenvalue weighted by atomic mass is 19.1. The van der Waals surface area contributed by atoms with Crippen LogP contribution in [0.1, 0.15) is 34.0 Å². The Morgan fingerprint density at radius 2 is 2.00 bits per heavy atom. The Morgan fingerprint density at radius 3 is 2.72 bits per heavy atom. The normalized spacial score (nSPS) is 10.6. The predicted molar refractivity (Wildman–Crippen MR) is 112 cm³/mol. The van der Waals surface area contributed by atoms with Crippen molar-refractivity contribution in [3.05, 3.63) is 82.9 Å². The zero-order valence-corrected chi connectivity index (χ0v) is 16.5. The molecule has 6 heteroatoms. The molecule has 1 aromatic heterocycles. The van der Waals surface area contributed by atoms with Crippen LogP contribution in [0.5, 0.6) is 0 Å². The number of nitrogens with one attached hydrogen (secondary N) is 2. The minimum atomic E-state index is -0.291. The highest BCUT2D eigenvalue weighted by Gasteiger charge is 2.14. The molecule has 0 radical (unpaired) electrons. The summed E-state index contributed by atoms with van der Waals surface area (Å²) in [5.41, 5.74) is 4.74. The Labute approximate surface area is 169 Å². The summed E-state index contributed by atoms with van der Waals surface area (Å²) in [6, 6.07) is 12.2. The number of carbonyl (C=O) groups is 1. The van der Waals surface area contributed by atoms with Gasteiger partial charge in [-0.1, -0.05) is 18.2 Å². The third kappa shape index (κ3) is 4.78. The van der Waals surface area contributed by atoms with Crippen LogP contribution in [0.3, 0.4) is 0 Å². The molecule has 5 nitrogen and oxygen atoms in total. The Kier molecular flexibility index (Phi) is 6.57. The van der Waals surface area contributed by atoms with E-state index in [9.17, 15) is 14.3 Å². The molecule has 0 atom stereocenters. The lowest BCUT2D eigenvalue weighted by Crippen LogP contribution is -2.24. The molecule has 0 aliphatic carbocycles. The molecule has 0 saturated heterocycles. The fourth-order valence-electron chi connectivity index (χ4n) is 3.09. The third-order valence-corrected chi connectivity index (χ3v) is 4.71. The van der Waals surface area contributed by atoms with Gasteiger partial charge in [0.15, 0.2) is 0 Å². The van der Waals surface area contributed by atoms with E-state index in [1.165, 1.54) is 6.07 Å². The van der Waals surface area contributed by atoms with Gasteiger partial charge in [0, 0.05) is 36.7 Å². The lowest BCUT2D eigenvalue weighted by Gasteiger charge is -2.14. The minimum Gasteiger partial charge on any atom is -0.392 e. The first kappa shape index (κ1) is 20.5. The van der Waals surface area contributed by atoms with Crippen molar-refractivity contribution in [2.24, 2.45) is 0 Å². The van der Waals surface area contributed by atoms with E-state index in [1.54, 1.807) is 43.6 Å². The van der Waals surface area contributed by atoms with E-state index in [1.807, 2.05) is 19.1 Å². The number of halogens is 1. The van der Waals surface area contributed by atoms with E-state index in [4.69, 9.17) is 0 Å². The average molecular weight is 393 g/mol. The highest BCUT2D eigenvalue weighted by molar-refractivity contribution is 6.01. The SMILES string of the molecule is CCNc1ccc(-c2cnccc2CO)cc1C(=O)NCc1ccc(C)c(F)c1. The van der Waals surface area contributed by atoms with Crippen molar-refractivity contribution in [2.75, 3.05) is 11.9 Å². The molecule has 0 aliphatic heterocycles. The second-order valence-electron chi connectivity index (χ2n) is 6.75. The molecule has 1 amide bonds. The Bertz CT molecular complexity index is 1020. The van der Waals surface area contributed by atoms with E-state index in [0.29, 0.717) is 28.9 Å². The summed E-state index contributed by atoms with van der Waals surface area (Å²) in [6.07, 6.45) is 3.29. The van der Waals surface area contributed by atoms with Gasteiger partial charge in [-0.25, -0.2) is 4.39 Å². The molecule has 0 saturated carbocycles. The monoisotopic (exact) mass is 393 g/mol. The van der Waals surface area contributed by atoms with Gasteiger partial charge in [-0.15, -0.1) is 0 Å². The Morgan fingerprint density at radius 1 is 1.17 bits per heavy atom. The number of hydrogen-bond donors (Lipinski definition) is 3. The van der Waals surface area contributed by atoms with Crippen molar-refractivity contribution in [1.29, 1.82) is 0 Å². The molecule has 0 bridgehead atoms. The van der Waals surface area contributed by atoms with Crippen LogP contribution >= 0.6 is 0 Å². The van der Waals surface area contributed by atoms with Gasteiger partial charge in [0.05, 0.1) is 12.2 Å². The number of aromatic nitrogens is 1. The standard InChI is InChI=1S/C23H24FN3O2/c1-3-26-22-7-6-17(20-13-25-9-8-18(20)14-28)11-19(22)23(29)27-12-16-5-4-15(2)21(24)10-16/h4-11,13,26,28H,3,12,14H2,1-2H3,(H,27,29). The molecular weight excluding hydrogens is 369 g/mol. The fourth-order valence-corrected chi connectivity index (χ4v) is 3.09. The smallest absolute Gasteiger partial charge is 0.253 e. The minimum absolute atomic E-state index is 0.118. The molecular formula is C23H24FN3O2. The second kappa shape index (κ2) is 9.30. The lowest BCUT2D eigenvalue weighted by atomic mass is 9.99. The topological polar surface area (TPSA) is 74.2 Å². The third-order valence-electron chi connectivity index (χ3n) is 4.71. The number of amides is 1. The lowest BCUT2D eigenvalue weighted by molar-refractivity contribution is 0.0951. The molecule has 0 unspecified atom stereocenters. The summed E-state index contributed by atoms with van der Waals surface area (Å²) in [4.78, 5) is 17.0. The first-order valence-corrected chi connectivity index (χ1v) is 9.48. The number of rotatable bonds is 7. The van der Waals surface area contributed by atoms with Crippen LogP contribution in [0.2, 0.25) is 0 Å². The maximum absolute atomic E-state index is 13.8. The number of anilines is 1. The zero-order chi connectivity index (χ0) is 20.8. The second-order valence-corrected chi connectivity index (χ2v) is 6.75. The molecule has 0 spiro atoms. The first-order valence-electron chi connectivity index (χ1n) is 9.48. The van der Waals surface area contributed by atoms with E-state index in [2.05, 4.69) is 15.6 Å². The fraction of sp³-hybridized carbons (Fsp3) is 0.217. The van der Waals surface area contributed by atoms with Gasteiger partial charge in [0.25, 0.3) is 5.91 Å². The summed E-state index contributed by atoms with van der Waals surface area (Å²) in [5.74, 6) is -0.557. The highest BCUT2D eigenvalue weighted by Crippen LogP contribution is 2.27. The maximum Gasteiger partial charge on any atom is 0.253 e. The van der Waals surface area contributed by atoms with E-state index in [0.717, 1.165) is 16.7 Å². The molecule has 3 aromatic rings. The number of aliphatic hydroxyl groups is 1. The molecule has 0 aliphatic rings. The quantitative estimate of drug-likeness (QED) is 0.566. The Balaban J connectivity index is 1.89. The molecule has 3 rings (SSSR count).